The molecule has 3 N–H and O–H groups in total. The molecule has 0 aliphatic rings. The van der Waals surface area contributed by atoms with Crippen LogP contribution in [-0.2, 0) is 17.1 Å². The van der Waals surface area contributed by atoms with Crippen molar-refractivity contribution < 1.29 is 58.6 Å². The van der Waals surface area contributed by atoms with Crippen LogP contribution in [0.2, 0.25) is 0 Å². The maximum absolute atomic E-state index is 14.1. The number of nitrogens with one attached hydrogen (secondary N) is 2. The van der Waals surface area contributed by atoms with Crippen molar-refractivity contribution in [1.29, 1.82) is 0 Å². The van der Waals surface area contributed by atoms with Crippen molar-refractivity contribution in [3.63, 3.8) is 0 Å². The molecule has 0 aliphatic heterocycles. The Bertz CT molecular complexity index is 1290. The zero-order chi connectivity index (χ0) is 29.6. The number of aliphatic carboxylic acids is 1. The predicted molar refractivity (Wildman–Crippen MR) is 115 cm³/mol. The first-order chi connectivity index (χ1) is 17.9. The number of halogens is 10. The number of carboxylic acids is 1. The Hall–Kier alpha value is -4.37. The third kappa shape index (κ3) is 9.15. The maximum atomic E-state index is 14.1. The Morgan fingerprint density at radius 1 is 0.821 bits per heavy atom. The minimum absolute atomic E-state index is 0.111. The average molecular weight is 571 g/mol. The molecular weight excluding hydrogens is 556 g/mol. The number of aromatic nitrogens is 1. The van der Waals surface area contributed by atoms with Crippen LogP contribution in [-0.4, -0.2) is 28.3 Å². The molecule has 0 radical (unpaired) electrons. The molecule has 1 atom stereocenters. The second-order valence-corrected chi connectivity index (χ2v) is 7.44. The zero-order valence-electron chi connectivity index (χ0n) is 18.9. The number of carbonyl (C=O) groups is 2. The molecule has 0 fully saturated rings. The van der Waals surface area contributed by atoms with Crippen LogP contribution in [0.3, 0.4) is 0 Å². The number of benzene rings is 2. The number of urea groups is 1. The van der Waals surface area contributed by atoms with Gasteiger partial charge in [0, 0.05) is 6.20 Å². The summed E-state index contributed by atoms with van der Waals surface area (Å²) in [5, 5.41) is 11.9. The highest BCUT2D eigenvalue weighted by Crippen LogP contribution is 2.35. The lowest BCUT2D eigenvalue weighted by Crippen LogP contribution is -2.33. The largest absolute Gasteiger partial charge is 0.490 e. The lowest BCUT2D eigenvalue weighted by Gasteiger charge is -2.22. The van der Waals surface area contributed by atoms with E-state index < -0.39 is 53.5 Å². The SMILES string of the molecule is O=C(Nc1cccnc1)N[C@H](c1cccc(C(F)(F)F)c1)c1ccc(C(F)(F)F)c(F)c1.O=C(O)C(F)(F)F. The van der Waals surface area contributed by atoms with Gasteiger partial charge in [-0.15, -0.1) is 0 Å². The quantitative estimate of drug-likeness (QED) is 0.301. The summed E-state index contributed by atoms with van der Waals surface area (Å²) in [6.45, 7) is 0. The number of carbonyl (C=O) groups excluding carboxylic acids is 1. The lowest BCUT2D eigenvalue weighted by molar-refractivity contribution is -0.192. The highest BCUT2D eigenvalue weighted by atomic mass is 19.4. The number of anilines is 1. The van der Waals surface area contributed by atoms with E-state index in [1.54, 1.807) is 0 Å². The molecule has 0 spiro atoms. The zero-order valence-corrected chi connectivity index (χ0v) is 18.9. The van der Waals surface area contributed by atoms with Gasteiger partial charge < -0.3 is 15.7 Å². The fraction of sp³-hybridized carbons (Fsp3) is 0.174. The molecule has 16 heteroatoms. The number of amides is 2. The number of carboxylic acid groups (broad SMARTS) is 1. The molecule has 0 unspecified atom stereocenters. The molecule has 1 aromatic heterocycles. The number of alkyl halides is 9. The summed E-state index contributed by atoms with van der Waals surface area (Å²) in [7, 11) is 0. The molecule has 3 rings (SSSR count). The second-order valence-electron chi connectivity index (χ2n) is 7.44. The Kier molecular flexibility index (Phi) is 9.49. The molecular formula is C23H15F10N3O3. The van der Waals surface area contributed by atoms with Gasteiger partial charge in [0.25, 0.3) is 0 Å². The Morgan fingerprint density at radius 3 is 1.92 bits per heavy atom. The van der Waals surface area contributed by atoms with Gasteiger partial charge in [-0.1, -0.05) is 18.2 Å². The summed E-state index contributed by atoms with van der Waals surface area (Å²) in [5.41, 5.74) is -2.62. The highest BCUT2D eigenvalue weighted by Gasteiger charge is 2.38. The van der Waals surface area contributed by atoms with Crippen molar-refractivity contribution in [2.45, 2.75) is 24.6 Å². The first-order valence-electron chi connectivity index (χ1n) is 10.2. The van der Waals surface area contributed by atoms with Crippen LogP contribution < -0.4 is 10.6 Å². The highest BCUT2D eigenvalue weighted by molar-refractivity contribution is 5.89. The minimum atomic E-state index is -5.08. The van der Waals surface area contributed by atoms with Crippen molar-refractivity contribution in [2.24, 2.45) is 0 Å². The molecule has 0 saturated heterocycles. The summed E-state index contributed by atoms with van der Waals surface area (Å²) in [4.78, 5) is 25.1. The third-order valence-corrected chi connectivity index (χ3v) is 4.62. The van der Waals surface area contributed by atoms with Gasteiger partial charge in [-0.3, -0.25) is 4.98 Å². The fourth-order valence-electron chi connectivity index (χ4n) is 2.93. The number of hydrogen-bond acceptors (Lipinski definition) is 3. The van der Waals surface area contributed by atoms with Crippen molar-refractivity contribution in [3.05, 3.63) is 95.1 Å². The van der Waals surface area contributed by atoms with E-state index in [0.29, 0.717) is 12.1 Å². The molecule has 210 valence electrons. The van der Waals surface area contributed by atoms with Gasteiger partial charge in [-0.2, -0.15) is 39.5 Å². The summed E-state index contributed by atoms with van der Waals surface area (Å²) in [5.74, 6) is -4.38. The first kappa shape index (κ1) is 30.9. The monoisotopic (exact) mass is 571 g/mol. The molecule has 39 heavy (non-hydrogen) atoms. The summed E-state index contributed by atoms with van der Waals surface area (Å²) in [6.07, 6.45) is -12.0. The standard InChI is InChI=1S/C21H14F7N3O.C2HF3O2/c22-17-10-13(6-7-16(17)21(26,27)28)18(12-3-1-4-14(9-12)20(23,24)25)31-19(32)30-15-5-2-8-29-11-15;3-2(4,5)1(6)7/h1-11,18H,(H2,30,31,32);(H,6,7)/t18-;/m1./s1. The number of rotatable bonds is 4. The molecule has 2 aromatic carbocycles. The van der Waals surface area contributed by atoms with Gasteiger partial charge in [0.05, 0.1) is 29.1 Å². The van der Waals surface area contributed by atoms with Crippen LogP contribution in [0.4, 0.5) is 54.4 Å². The van der Waals surface area contributed by atoms with Crippen molar-refractivity contribution in [2.75, 3.05) is 5.32 Å². The van der Waals surface area contributed by atoms with E-state index in [9.17, 15) is 48.7 Å². The summed E-state index contributed by atoms with van der Waals surface area (Å²) >= 11 is 0. The van der Waals surface area contributed by atoms with E-state index in [2.05, 4.69) is 15.6 Å². The van der Waals surface area contributed by atoms with Crippen LogP contribution in [0.1, 0.15) is 28.3 Å². The number of pyridine rings is 1. The van der Waals surface area contributed by atoms with Gasteiger partial charge >= 0.3 is 30.5 Å². The van der Waals surface area contributed by atoms with Crippen molar-refractivity contribution >= 4 is 17.7 Å². The van der Waals surface area contributed by atoms with Crippen LogP contribution >= 0.6 is 0 Å². The van der Waals surface area contributed by atoms with Gasteiger partial charge in [-0.05, 0) is 47.5 Å². The number of hydrogen-bond donors (Lipinski definition) is 3. The third-order valence-electron chi connectivity index (χ3n) is 4.62. The molecule has 0 bridgehead atoms. The van der Waals surface area contributed by atoms with Gasteiger partial charge in [0.2, 0.25) is 0 Å². The Labute approximate surface area is 212 Å². The molecule has 0 aliphatic carbocycles. The van der Waals surface area contributed by atoms with Crippen molar-refractivity contribution in [3.8, 4) is 0 Å². The summed E-state index contributed by atoms with van der Waals surface area (Å²) in [6, 6.07) is 6.45. The molecule has 2 amide bonds. The lowest BCUT2D eigenvalue weighted by atomic mass is 9.95. The van der Waals surface area contributed by atoms with E-state index >= 15 is 0 Å². The van der Waals surface area contributed by atoms with Gasteiger partial charge in [-0.25, -0.2) is 14.0 Å². The van der Waals surface area contributed by atoms with Crippen molar-refractivity contribution in [1.82, 2.24) is 10.3 Å². The molecule has 0 saturated carbocycles. The van der Waals surface area contributed by atoms with E-state index in [-0.39, 0.29) is 16.8 Å². The maximum Gasteiger partial charge on any atom is 0.490 e. The first-order valence-corrected chi connectivity index (χ1v) is 10.2. The summed E-state index contributed by atoms with van der Waals surface area (Å²) < 4.78 is 124. The molecule has 3 aromatic rings. The van der Waals surface area contributed by atoms with E-state index in [1.807, 2.05) is 0 Å². The van der Waals surface area contributed by atoms with E-state index in [1.165, 1.54) is 30.6 Å². The predicted octanol–water partition coefficient (Wildman–Crippen LogP) is 6.80. The van der Waals surface area contributed by atoms with E-state index in [4.69, 9.17) is 9.90 Å². The van der Waals surface area contributed by atoms with Crippen LogP contribution in [0.5, 0.6) is 0 Å². The normalized spacial score (nSPS) is 12.6. The number of nitrogens with zero attached hydrogens (tertiary/aromatic N) is 1. The molecule has 6 nitrogen and oxygen atoms in total. The van der Waals surface area contributed by atoms with Gasteiger partial charge in [0.15, 0.2) is 0 Å². The van der Waals surface area contributed by atoms with Gasteiger partial charge in [0.1, 0.15) is 5.82 Å². The fourth-order valence-corrected chi connectivity index (χ4v) is 2.93. The Balaban J connectivity index is 0.000000673. The average Bonchev–Trinajstić information content (AvgIpc) is 2.81. The second kappa shape index (κ2) is 12.0. The van der Waals surface area contributed by atoms with Crippen LogP contribution in [0.25, 0.3) is 0 Å². The smallest absolute Gasteiger partial charge is 0.475 e. The topological polar surface area (TPSA) is 91.3 Å². The van der Waals surface area contributed by atoms with Crippen LogP contribution in [0.15, 0.2) is 67.0 Å². The minimum Gasteiger partial charge on any atom is -0.475 e. The molecule has 1 heterocycles. The van der Waals surface area contributed by atoms with E-state index in [0.717, 1.165) is 24.3 Å². The van der Waals surface area contributed by atoms with Crippen LogP contribution in [0, 0.1) is 5.82 Å². The Morgan fingerprint density at radius 2 is 1.44 bits per heavy atom.